The summed E-state index contributed by atoms with van der Waals surface area (Å²) in [6, 6.07) is 3.68. The Balaban J connectivity index is 1.68. The summed E-state index contributed by atoms with van der Waals surface area (Å²) in [5.74, 6) is 0.405. The lowest BCUT2D eigenvalue weighted by molar-refractivity contribution is -0.0281. The molecule has 1 aromatic carbocycles. The molecule has 2 aliphatic rings. The number of nitrogens with zero attached hydrogens (tertiary/aromatic N) is 3. The van der Waals surface area contributed by atoms with Gasteiger partial charge in [-0.3, -0.25) is 0 Å². The lowest BCUT2D eigenvalue weighted by Crippen LogP contribution is -2.51. The van der Waals surface area contributed by atoms with Crippen LogP contribution < -0.4 is 5.32 Å². The van der Waals surface area contributed by atoms with Gasteiger partial charge < -0.3 is 10.1 Å². The van der Waals surface area contributed by atoms with Crippen molar-refractivity contribution in [3.63, 3.8) is 0 Å². The minimum absolute atomic E-state index is 0.112. The van der Waals surface area contributed by atoms with Crippen molar-refractivity contribution >= 4 is 0 Å². The van der Waals surface area contributed by atoms with Crippen LogP contribution in [0.1, 0.15) is 36.8 Å². The van der Waals surface area contributed by atoms with Gasteiger partial charge in [-0.25, -0.2) is 18.4 Å². The Labute approximate surface area is 139 Å². The van der Waals surface area contributed by atoms with Crippen LogP contribution in [0.25, 0.3) is 5.69 Å². The number of nitrogens with one attached hydrogen (secondary N) is 1. The SMILES string of the molecule is Cc1nc([C@H]2CC[C@H]3OCCN[C@@H]3C2)n(-c2cc(F)ccc2F)n1. The predicted molar refractivity (Wildman–Crippen MR) is 84.1 cm³/mol. The summed E-state index contributed by atoms with van der Waals surface area (Å²) in [4.78, 5) is 4.51. The van der Waals surface area contributed by atoms with Crippen LogP contribution in [0.3, 0.4) is 0 Å². The number of fused-ring (bicyclic) bond motifs is 1. The fourth-order valence-corrected chi connectivity index (χ4v) is 3.77. The lowest BCUT2D eigenvalue weighted by atomic mass is 9.82. The van der Waals surface area contributed by atoms with Gasteiger partial charge >= 0.3 is 0 Å². The minimum Gasteiger partial charge on any atom is -0.375 e. The number of benzene rings is 1. The van der Waals surface area contributed by atoms with Crippen LogP contribution in [0.2, 0.25) is 0 Å². The van der Waals surface area contributed by atoms with Gasteiger partial charge in [0.25, 0.3) is 0 Å². The number of morpholine rings is 1. The van der Waals surface area contributed by atoms with Crippen LogP contribution in [-0.2, 0) is 4.74 Å². The molecule has 1 aliphatic carbocycles. The predicted octanol–water partition coefficient (Wildman–Crippen LogP) is 2.48. The quantitative estimate of drug-likeness (QED) is 0.917. The third kappa shape index (κ3) is 2.82. The summed E-state index contributed by atoms with van der Waals surface area (Å²) in [7, 11) is 0. The second-order valence-corrected chi connectivity index (χ2v) is 6.50. The third-order valence-electron chi connectivity index (χ3n) is 4.87. The second kappa shape index (κ2) is 6.22. The van der Waals surface area contributed by atoms with Crippen molar-refractivity contribution in [2.75, 3.05) is 13.2 Å². The first-order valence-electron chi connectivity index (χ1n) is 8.36. The molecular weight excluding hydrogens is 314 g/mol. The van der Waals surface area contributed by atoms with E-state index in [4.69, 9.17) is 4.74 Å². The molecule has 24 heavy (non-hydrogen) atoms. The number of halogens is 2. The number of rotatable bonds is 2. The molecule has 0 spiro atoms. The van der Waals surface area contributed by atoms with Gasteiger partial charge in [0, 0.05) is 24.6 Å². The van der Waals surface area contributed by atoms with Gasteiger partial charge in [-0.1, -0.05) is 0 Å². The molecule has 0 bridgehead atoms. The fraction of sp³-hybridized carbons (Fsp3) is 0.529. The first kappa shape index (κ1) is 15.7. The van der Waals surface area contributed by atoms with Crippen LogP contribution in [0.5, 0.6) is 0 Å². The van der Waals surface area contributed by atoms with Gasteiger partial charge in [0.2, 0.25) is 0 Å². The van der Waals surface area contributed by atoms with Crippen LogP contribution in [0.4, 0.5) is 8.78 Å². The van der Waals surface area contributed by atoms with Gasteiger partial charge in [-0.05, 0) is 38.3 Å². The van der Waals surface area contributed by atoms with Gasteiger partial charge in [-0.15, -0.1) is 0 Å². The molecule has 2 heterocycles. The fourth-order valence-electron chi connectivity index (χ4n) is 3.77. The van der Waals surface area contributed by atoms with Gasteiger partial charge in [0.1, 0.15) is 29.0 Å². The lowest BCUT2D eigenvalue weighted by Gasteiger charge is -2.39. The maximum absolute atomic E-state index is 14.2. The maximum atomic E-state index is 14.2. The zero-order valence-electron chi connectivity index (χ0n) is 13.5. The van der Waals surface area contributed by atoms with E-state index >= 15 is 0 Å². The van der Waals surface area contributed by atoms with Crippen molar-refractivity contribution < 1.29 is 13.5 Å². The summed E-state index contributed by atoms with van der Waals surface area (Å²) >= 11 is 0. The van der Waals surface area contributed by atoms with Gasteiger partial charge in [-0.2, -0.15) is 5.10 Å². The molecule has 1 N–H and O–H groups in total. The highest BCUT2D eigenvalue weighted by Gasteiger charge is 2.36. The molecular formula is C17H20F2N4O. The average Bonchev–Trinajstić information content (AvgIpc) is 2.98. The van der Waals surface area contributed by atoms with E-state index in [1.807, 2.05) is 0 Å². The van der Waals surface area contributed by atoms with E-state index in [0.29, 0.717) is 11.6 Å². The van der Waals surface area contributed by atoms with Gasteiger partial charge in [0.05, 0.1) is 12.7 Å². The molecule has 128 valence electrons. The minimum atomic E-state index is -0.504. The summed E-state index contributed by atoms with van der Waals surface area (Å²) in [5, 5.41) is 7.80. The standard InChI is InChI=1S/C17H20F2N4O/c1-10-21-17(11-2-5-16-14(8-11)20-6-7-24-16)23(22-10)15-9-12(18)3-4-13(15)19/h3-4,9,11,14,16,20H,2,5-8H2,1H3/t11-,14+,16+/m0/s1. The number of ether oxygens (including phenoxy) is 1. The Kier molecular flexibility index (Phi) is 4.05. The second-order valence-electron chi connectivity index (χ2n) is 6.50. The van der Waals surface area contributed by atoms with E-state index in [-0.39, 0.29) is 23.8 Å². The first-order valence-corrected chi connectivity index (χ1v) is 8.36. The summed E-state index contributed by atoms with van der Waals surface area (Å²) < 4.78 is 35.0. The highest BCUT2D eigenvalue weighted by atomic mass is 19.1. The van der Waals surface area contributed by atoms with Crippen molar-refractivity contribution in [3.8, 4) is 5.69 Å². The molecule has 0 radical (unpaired) electrons. The molecule has 1 saturated heterocycles. The van der Waals surface area contributed by atoms with Crippen LogP contribution in [-0.4, -0.2) is 40.1 Å². The van der Waals surface area contributed by atoms with Crippen molar-refractivity contribution in [1.29, 1.82) is 0 Å². The van der Waals surface area contributed by atoms with Gasteiger partial charge in [0.15, 0.2) is 0 Å². The molecule has 1 aliphatic heterocycles. The highest BCUT2D eigenvalue weighted by Crippen LogP contribution is 2.35. The van der Waals surface area contributed by atoms with E-state index < -0.39 is 11.6 Å². The Morgan fingerprint density at radius 2 is 2.17 bits per heavy atom. The van der Waals surface area contributed by atoms with Crippen molar-refractivity contribution in [1.82, 2.24) is 20.1 Å². The Morgan fingerprint density at radius 3 is 3.04 bits per heavy atom. The third-order valence-corrected chi connectivity index (χ3v) is 4.87. The molecule has 1 saturated carbocycles. The molecule has 5 nitrogen and oxygen atoms in total. The Hall–Kier alpha value is -1.86. The number of aromatic nitrogens is 3. The average molecular weight is 334 g/mol. The molecule has 2 fully saturated rings. The van der Waals surface area contributed by atoms with E-state index in [1.54, 1.807) is 6.92 Å². The molecule has 3 atom stereocenters. The van der Waals surface area contributed by atoms with Crippen LogP contribution in [0, 0.1) is 18.6 Å². The molecule has 0 amide bonds. The molecule has 4 rings (SSSR count). The maximum Gasteiger partial charge on any atom is 0.149 e. The monoisotopic (exact) mass is 334 g/mol. The highest BCUT2D eigenvalue weighted by molar-refractivity contribution is 5.34. The van der Waals surface area contributed by atoms with Crippen LogP contribution >= 0.6 is 0 Å². The largest absolute Gasteiger partial charge is 0.375 e. The molecule has 0 unspecified atom stereocenters. The Morgan fingerprint density at radius 1 is 1.29 bits per heavy atom. The van der Waals surface area contributed by atoms with E-state index in [2.05, 4.69) is 15.4 Å². The molecule has 1 aromatic heterocycles. The van der Waals surface area contributed by atoms with Crippen LogP contribution in [0.15, 0.2) is 18.2 Å². The summed E-state index contributed by atoms with van der Waals surface area (Å²) in [5.41, 5.74) is 0.112. The molecule has 2 aromatic rings. The first-order chi connectivity index (χ1) is 11.6. The number of hydrogen-bond donors (Lipinski definition) is 1. The van der Waals surface area contributed by atoms with Crippen molar-refractivity contribution in [2.24, 2.45) is 0 Å². The normalized spacial score (nSPS) is 27.0. The number of hydrogen-bond acceptors (Lipinski definition) is 4. The Bertz CT molecular complexity index is 748. The van der Waals surface area contributed by atoms with Crippen molar-refractivity contribution in [3.05, 3.63) is 41.5 Å². The summed E-state index contributed by atoms with van der Waals surface area (Å²) in [6.45, 7) is 3.36. The smallest absolute Gasteiger partial charge is 0.149 e. The zero-order valence-corrected chi connectivity index (χ0v) is 13.5. The van der Waals surface area contributed by atoms with E-state index in [9.17, 15) is 8.78 Å². The number of aryl methyl sites for hydroxylation is 1. The summed E-state index contributed by atoms with van der Waals surface area (Å²) in [6.07, 6.45) is 2.93. The zero-order chi connectivity index (χ0) is 16.7. The van der Waals surface area contributed by atoms with E-state index in [1.165, 1.54) is 10.7 Å². The molecule has 7 heteroatoms. The topological polar surface area (TPSA) is 52.0 Å². The van der Waals surface area contributed by atoms with Crippen molar-refractivity contribution in [2.45, 2.75) is 44.2 Å². The van der Waals surface area contributed by atoms with E-state index in [0.717, 1.165) is 44.5 Å².